The summed E-state index contributed by atoms with van der Waals surface area (Å²) in [5.41, 5.74) is -4.27. The minimum atomic E-state index is -5.28. The van der Waals surface area contributed by atoms with E-state index in [0.29, 0.717) is 6.07 Å². The Morgan fingerprint density at radius 1 is 0.672 bits per heavy atom. The molecule has 0 amide bonds. The molecule has 0 aliphatic heterocycles. The van der Waals surface area contributed by atoms with Crippen molar-refractivity contribution in [1.82, 2.24) is 49.5 Å². The van der Waals surface area contributed by atoms with Crippen LogP contribution in [0.1, 0.15) is 55.6 Å². The van der Waals surface area contributed by atoms with Gasteiger partial charge >= 0.3 is 7.82 Å². The van der Waals surface area contributed by atoms with Gasteiger partial charge in [0, 0.05) is 42.2 Å². The lowest BCUT2D eigenvalue weighted by atomic mass is 9.79. The monoisotopic (exact) mass is 844 g/mol. The summed E-state index contributed by atoms with van der Waals surface area (Å²) in [6.07, 6.45) is 9.17. The lowest BCUT2D eigenvalue weighted by Gasteiger charge is -2.38. The van der Waals surface area contributed by atoms with Crippen LogP contribution in [0.5, 0.6) is 0 Å². The van der Waals surface area contributed by atoms with Gasteiger partial charge in [0.15, 0.2) is 11.6 Å². The van der Waals surface area contributed by atoms with E-state index in [1.165, 1.54) is 50.1 Å². The van der Waals surface area contributed by atoms with Crippen LogP contribution in [0.4, 0.5) is 26.3 Å². The van der Waals surface area contributed by atoms with Crippen LogP contribution >= 0.6 is 7.82 Å². The van der Waals surface area contributed by atoms with Crippen molar-refractivity contribution in [1.29, 1.82) is 0 Å². The number of phosphoric ester groups is 1. The van der Waals surface area contributed by atoms with E-state index in [9.17, 15) is 40.7 Å². The van der Waals surface area contributed by atoms with Crippen LogP contribution < -0.4 is 0 Å². The quantitative estimate of drug-likeness (QED) is 0.123. The van der Waals surface area contributed by atoms with Gasteiger partial charge in [-0.2, -0.15) is 10.2 Å². The number of rotatable bonds is 13. The maximum absolute atomic E-state index is 14.8. The Balaban J connectivity index is 0.000000382. The number of halogens is 6. The molecule has 314 valence electrons. The van der Waals surface area contributed by atoms with E-state index in [0.717, 1.165) is 54.0 Å². The first-order chi connectivity index (χ1) is 26.1. The van der Waals surface area contributed by atoms with E-state index in [-0.39, 0.29) is 41.9 Å². The number of hydrogen-bond acceptors (Lipinski definition) is 11. The molecule has 0 bridgehead atoms. The van der Waals surface area contributed by atoms with Crippen LogP contribution in [0, 0.1) is 34.9 Å². The van der Waals surface area contributed by atoms with Gasteiger partial charge in [-0.3, -0.25) is 4.52 Å². The van der Waals surface area contributed by atoms with Gasteiger partial charge in [0.2, 0.25) is 0 Å². The van der Waals surface area contributed by atoms with Gasteiger partial charge in [0.1, 0.15) is 72.4 Å². The average Bonchev–Trinajstić information content (AvgIpc) is 3.85. The van der Waals surface area contributed by atoms with Gasteiger partial charge in [-0.15, -0.1) is 0 Å². The van der Waals surface area contributed by atoms with E-state index in [1.54, 1.807) is 6.92 Å². The fourth-order valence-electron chi connectivity index (χ4n) is 6.13. The van der Waals surface area contributed by atoms with Crippen molar-refractivity contribution in [2.45, 2.75) is 57.4 Å². The number of methoxy groups -OCH3 is 1. The zero-order chi connectivity index (χ0) is 40.0. The molecule has 6 N–H and O–H groups in total. The summed E-state index contributed by atoms with van der Waals surface area (Å²) in [7, 11) is -3.91. The number of ether oxygens (including phenoxy) is 1. The largest absolute Gasteiger partial charge is 0.470 e. The zero-order valence-electron chi connectivity index (χ0n) is 30.0. The second kappa shape index (κ2) is 20.2. The topological polar surface area (TPSA) is 252 Å². The third-order valence-corrected chi connectivity index (χ3v) is 9.32. The lowest BCUT2D eigenvalue weighted by molar-refractivity contribution is -0.0555. The predicted octanol–water partition coefficient (Wildman–Crippen LogP) is 4.11. The molecule has 0 saturated heterocycles. The molecular weight excluding hydrogens is 805 g/mol. The molecule has 2 aromatic carbocycles. The van der Waals surface area contributed by atoms with Gasteiger partial charge in [0.25, 0.3) is 0 Å². The fourth-order valence-corrected chi connectivity index (χ4v) is 6.87. The number of nitrogens with zero attached hydrogens (tertiary/aromatic N) is 10. The molecule has 0 spiro atoms. The summed E-state index contributed by atoms with van der Waals surface area (Å²) >= 11 is 0. The van der Waals surface area contributed by atoms with Crippen molar-refractivity contribution in [2.24, 2.45) is 0 Å². The molecule has 0 saturated carbocycles. The summed E-state index contributed by atoms with van der Waals surface area (Å²) < 4.78 is 110. The molecule has 58 heavy (non-hydrogen) atoms. The SMILES string of the molecule is C.CO[C@@](Cn1cncn1)(c1ccc(F)cc1F)[C@@H](C)c1ncncc1F.C[C@@H](c1ncncc1F)[C@@](Cn1cncn1)(OP(=O)(O)O)c1ccc(F)cc1F.O.O. The van der Waals surface area contributed by atoms with Crippen LogP contribution in [0.25, 0.3) is 0 Å². The molecule has 4 atom stereocenters. The average molecular weight is 845 g/mol. The number of aromatic nitrogens is 10. The molecule has 17 nitrogen and oxygen atoms in total. The molecule has 0 unspecified atom stereocenters. The highest BCUT2D eigenvalue weighted by Gasteiger charge is 2.49. The zero-order valence-corrected chi connectivity index (χ0v) is 30.9. The Hall–Kier alpha value is -5.55. The van der Waals surface area contributed by atoms with Gasteiger partial charge in [-0.25, -0.2) is 70.2 Å². The van der Waals surface area contributed by atoms with Crippen molar-refractivity contribution < 1.29 is 60.9 Å². The molecular formula is C34H39F6N10O7P. The van der Waals surface area contributed by atoms with Gasteiger partial charge in [-0.1, -0.05) is 33.4 Å². The van der Waals surface area contributed by atoms with E-state index in [2.05, 4.69) is 40.1 Å². The summed E-state index contributed by atoms with van der Waals surface area (Å²) in [6, 6.07) is 5.54. The van der Waals surface area contributed by atoms with E-state index in [1.807, 2.05) is 0 Å². The fraction of sp³-hybridized carbons (Fsp3) is 0.294. The van der Waals surface area contributed by atoms with Crippen LogP contribution in [-0.2, 0) is 38.1 Å². The number of hydrogen-bond donors (Lipinski definition) is 2. The van der Waals surface area contributed by atoms with Crippen molar-refractivity contribution in [3.8, 4) is 0 Å². The molecule has 24 heteroatoms. The Morgan fingerprint density at radius 3 is 1.45 bits per heavy atom. The van der Waals surface area contributed by atoms with Crippen LogP contribution in [0.3, 0.4) is 0 Å². The third kappa shape index (κ3) is 10.7. The van der Waals surface area contributed by atoms with E-state index in [4.69, 9.17) is 9.26 Å². The molecule has 4 aromatic heterocycles. The highest BCUT2D eigenvalue weighted by molar-refractivity contribution is 7.46. The van der Waals surface area contributed by atoms with Gasteiger partial charge in [0.05, 0.1) is 36.9 Å². The van der Waals surface area contributed by atoms with Crippen LogP contribution in [0.2, 0.25) is 0 Å². The van der Waals surface area contributed by atoms with Crippen molar-refractivity contribution in [3.63, 3.8) is 0 Å². The highest BCUT2D eigenvalue weighted by Crippen LogP contribution is 2.53. The number of benzene rings is 2. The first-order valence-electron chi connectivity index (χ1n) is 15.9. The lowest BCUT2D eigenvalue weighted by Crippen LogP contribution is -2.41. The molecule has 0 fully saturated rings. The van der Waals surface area contributed by atoms with Crippen molar-refractivity contribution >= 4 is 7.82 Å². The standard InChI is InChI=1S/C17H16F3N5O.C16H15F3N5O4P.CH4.2H2O/c1-11(16-15(20)6-21-8-23-16)17(26-2,7-25-10-22-9-24-25)13-4-3-12(18)5-14(13)19;1-10(15-14(19)5-20-7-22-15)16(28-29(25,26)27,6-24-9-21-8-23-24)12-3-2-11(17)4-13(12)18;;;/h3-6,8-11H,7H2,1-2H3;2-5,7-10H,6H2,1H3,(H2,25,26,27);1H4;2*1H2/t11-,17+;10-,16+;;;/m00.../s1. The van der Waals surface area contributed by atoms with E-state index >= 15 is 0 Å². The molecule has 4 heterocycles. The maximum atomic E-state index is 14.8. The summed E-state index contributed by atoms with van der Waals surface area (Å²) in [5, 5.41) is 7.87. The second-order valence-corrected chi connectivity index (χ2v) is 13.1. The first-order valence-corrected chi connectivity index (χ1v) is 17.4. The Morgan fingerprint density at radius 2 is 1.09 bits per heavy atom. The normalized spacial score (nSPS) is 14.2. The van der Waals surface area contributed by atoms with Gasteiger partial charge < -0.3 is 25.5 Å². The van der Waals surface area contributed by atoms with Gasteiger partial charge in [-0.05, 0) is 12.1 Å². The molecule has 0 radical (unpaired) electrons. The molecule has 0 aliphatic carbocycles. The smallest absolute Gasteiger partial charge is 0.412 e. The third-order valence-electron chi connectivity index (χ3n) is 8.76. The van der Waals surface area contributed by atoms with Crippen LogP contribution in [-0.4, -0.2) is 77.3 Å². The highest BCUT2D eigenvalue weighted by atomic mass is 31.2. The van der Waals surface area contributed by atoms with Crippen LogP contribution in [0.15, 0.2) is 86.8 Å². The van der Waals surface area contributed by atoms with E-state index < -0.39 is 77.9 Å². The Kier molecular flexibility index (Phi) is 17.0. The first kappa shape index (κ1) is 48.6. The Labute approximate surface area is 326 Å². The molecule has 6 aromatic rings. The molecule has 0 aliphatic rings. The minimum Gasteiger partial charge on any atom is -0.412 e. The summed E-state index contributed by atoms with van der Waals surface area (Å²) in [5.74, 6) is -7.19. The molecule has 6 rings (SSSR count). The van der Waals surface area contributed by atoms with Crippen molar-refractivity contribution in [3.05, 3.63) is 144 Å². The summed E-state index contributed by atoms with van der Waals surface area (Å²) in [6.45, 7) is 2.50. The number of phosphoric acid groups is 1. The van der Waals surface area contributed by atoms with Crippen molar-refractivity contribution in [2.75, 3.05) is 7.11 Å². The Bertz CT molecular complexity index is 2260. The maximum Gasteiger partial charge on any atom is 0.470 e. The summed E-state index contributed by atoms with van der Waals surface area (Å²) in [4.78, 5) is 41.7. The minimum absolute atomic E-state index is 0. The second-order valence-electron chi connectivity index (χ2n) is 12.0. The predicted molar refractivity (Wildman–Crippen MR) is 191 cm³/mol.